The molecule has 1 aliphatic rings. The average molecular weight is 332 g/mol. The Morgan fingerprint density at radius 2 is 1.81 bits per heavy atom. The van der Waals surface area contributed by atoms with Crippen molar-refractivity contribution in [3.05, 3.63) is 22.7 Å². The first-order chi connectivity index (χ1) is 9.75. The lowest BCUT2D eigenvalue weighted by atomic mass is 9.94. The van der Waals surface area contributed by atoms with Gasteiger partial charge in [0.05, 0.1) is 7.11 Å². The third-order valence-electron chi connectivity index (χ3n) is 3.90. The molecule has 2 atom stereocenters. The number of hydrogen-bond donors (Lipinski definition) is 0. The molecular weight excluding hydrogens is 310 g/mol. The van der Waals surface area contributed by atoms with Crippen molar-refractivity contribution in [2.75, 3.05) is 20.2 Å². The first kappa shape index (κ1) is 16.6. The quantitative estimate of drug-likeness (QED) is 0.853. The van der Waals surface area contributed by atoms with E-state index in [0.29, 0.717) is 35.7 Å². The Labute approximate surface area is 132 Å². The molecule has 2 rings (SSSR count). The van der Waals surface area contributed by atoms with Crippen molar-refractivity contribution in [2.45, 2.75) is 32.1 Å². The zero-order valence-electron chi connectivity index (χ0n) is 12.9. The summed E-state index contributed by atoms with van der Waals surface area (Å²) in [6, 6.07) is 3.17. The summed E-state index contributed by atoms with van der Waals surface area (Å²) in [7, 11) is -2.11. The van der Waals surface area contributed by atoms with Crippen LogP contribution < -0.4 is 4.74 Å². The molecule has 1 aromatic rings. The van der Waals surface area contributed by atoms with Gasteiger partial charge < -0.3 is 4.74 Å². The van der Waals surface area contributed by atoms with E-state index in [1.165, 1.54) is 13.2 Å². The van der Waals surface area contributed by atoms with Crippen LogP contribution in [0.25, 0.3) is 0 Å². The highest BCUT2D eigenvalue weighted by Crippen LogP contribution is 2.34. The number of aryl methyl sites for hydroxylation is 1. The van der Waals surface area contributed by atoms with Crippen LogP contribution in [0.5, 0.6) is 5.75 Å². The number of sulfonamides is 1. The molecule has 0 saturated carbocycles. The maximum atomic E-state index is 12.9. The molecular formula is C15H22ClNO3S. The Morgan fingerprint density at radius 1 is 1.24 bits per heavy atom. The first-order valence-corrected chi connectivity index (χ1v) is 8.91. The third-order valence-corrected chi connectivity index (χ3v) is 6.16. The number of halogens is 1. The van der Waals surface area contributed by atoms with Crippen LogP contribution in [0.2, 0.25) is 5.02 Å². The van der Waals surface area contributed by atoms with Crippen LogP contribution in [0.4, 0.5) is 0 Å². The summed E-state index contributed by atoms with van der Waals surface area (Å²) in [6.07, 6.45) is 1.05. The van der Waals surface area contributed by atoms with Crippen LogP contribution in [0.1, 0.15) is 25.8 Å². The number of methoxy groups -OCH3 is 1. The van der Waals surface area contributed by atoms with Gasteiger partial charge in [-0.1, -0.05) is 25.4 Å². The average Bonchev–Trinajstić information content (AvgIpc) is 2.40. The fourth-order valence-electron chi connectivity index (χ4n) is 2.94. The molecule has 21 heavy (non-hydrogen) atoms. The summed E-state index contributed by atoms with van der Waals surface area (Å²) in [5, 5.41) is 0.437. The van der Waals surface area contributed by atoms with Gasteiger partial charge in [0.1, 0.15) is 10.6 Å². The molecule has 0 bridgehead atoms. The SMILES string of the molecule is COc1cc(C)c(Cl)cc1S(=O)(=O)N1C[C@H](C)C[C@H](C)C1. The van der Waals surface area contributed by atoms with E-state index in [1.807, 2.05) is 6.92 Å². The van der Waals surface area contributed by atoms with E-state index in [0.717, 1.165) is 12.0 Å². The van der Waals surface area contributed by atoms with Gasteiger partial charge in [0, 0.05) is 18.1 Å². The Hall–Kier alpha value is -0.780. The molecule has 6 heteroatoms. The van der Waals surface area contributed by atoms with Crippen molar-refractivity contribution in [1.82, 2.24) is 4.31 Å². The minimum Gasteiger partial charge on any atom is -0.495 e. The largest absolute Gasteiger partial charge is 0.495 e. The van der Waals surface area contributed by atoms with E-state index >= 15 is 0 Å². The summed E-state index contributed by atoms with van der Waals surface area (Å²) >= 11 is 6.11. The molecule has 0 unspecified atom stereocenters. The lowest BCUT2D eigenvalue weighted by molar-refractivity contribution is 0.222. The maximum Gasteiger partial charge on any atom is 0.246 e. The standard InChI is InChI=1S/C15H22ClNO3S/c1-10-5-11(2)9-17(8-10)21(18,19)15-7-13(16)12(3)6-14(15)20-4/h6-7,10-11H,5,8-9H2,1-4H3/t10-,11+. The molecule has 0 spiro atoms. The van der Waals surface area contributed by atoms with Crippen molar-refractivity contribution in [3.63, 3.8) is 0 Å². The van der Waals surface area contributed by atoms with Crippen LogP contribution in [0.15, 0.2) is 17.0 Å². The predicted octanol–water partition coefficient (Wildman–Crippen LogP) is 3.32. The number of rotatable bonds is 3. The summed E-state index contributed by atoms with van der Waals surface area (Å²) in [6.45, 7) is 7.07. The lowest BCUT2D eigenvalue weighted by Crippen LogP contribution is -2.42. The summed E-state index contributed by atoms with van der Waals surface area (Å²) in [5.41, 5.74) is 0.799. The fourth-order valence-corrected chi connectivity index (χ4v) is 5.01. The molecule has 1 fully saturated rings. The topological polar surface area (TPSA) is 46.6 Å². The van der Waals surface area contributed by atoms with Gasteiger partial charge in [0.25, 0.3) is 0 Å². The molecule has 0 N–H and O–H groups in total. The highest BCUT2D eigenvalue weighted by Gasteiger charge is 2.33. The van der Waals surface area contributed by atoms with E-state index < -0.39 is 10.0 Å². The third kappa shape index (κ3) is 3.35. The van der Waals surface area contributed by atoms with E-state index in [4.69, 9.17) is 16.3 Å². The Morgan fingerprint density at radius 3 is 2.33 bits per heavy atom. The fraction of sp³-hybridized carbons (Fsp3) is 0.600. The van der Waals surface area contributed by atoms with Gasteiger partial charge in [-0.25, -0.2) is 8.42 Å². The minimum atomic E-state index is -3.59. The Balaban J connectivity index is 2.46. The van der Waals surface area contributed by atoms with Gasteiger partial charge in [-0.2, -0.15) is 4.31 Å². The van der Waals surface area contributed by atoms with E-state index in [2.05, 4.69) is 13.8 Å². The van der Waals surface area contributed by atoms with Crippen molar-refractivity contribution in [1.29, 1.82) is 0 Å². The highest BCUT2D eigenvalue weighted by atomic mass is 35.5. The van der Waals surface area contributed by atoms with Gasteiger partial charge in [0.2, 0.25) is 10.0 Å². The molecule has 1 aromatic carbocycles. The molecule has 0 aliphatic carbocycles. The van der Waals surface area contributed by atoms with E-state index in [9.17, 15) is 8.42 Å². The molecule has 0 aromatic heterocycles. The summed E-state index contributed by atoms with van der Waals surface area (Å²) in [5.74, 6) is 1.06. The first-order valence-electron chi connectivity index (χ1n) is 7.10. The van der Waals surface area contributed by atoms with Crippen molar-refractivity contribution in [2.24, 2.45) is 11.8 Å². The maximum absolute atomic E-state index is 12.9. The molecule has 0 radical (unpaired) electrons. The number of hydrogen-bond acceptors (Lipinski definition) is 3. The van der Waals surface area contributed by atoms with Gasteiger partial charge in [0.15, 0.2) is 0 Å². The molecule has 1 aliphatic heterocycles. The van der Waals surface area contributed by atoms with Crippen molar-refractivity contribution in [3.8, 4) is 5.75 Å². The second-order valence-corrected chi connectivity index (χ2v) is 8.33. The Bertz CT molecular complexity index is 620. The van der Waals surface area contributed by atoms with Crippen molar-refractivity contribution < 1.29 is 13.2 Å². The number of benzene rings is 1. The monoisotopic (exact) mass is 331 g/mol. The van der Waals surface area contributed by atoms with Crippen LogP contribution in [-0.2, 0) is 10.0 Å². The zero-order valence-corrected chi connectivity index (χ0v) is 14.5. The van der Waals surface area contributed by atoms with Gasteiger partial charge in [-0.15, -0.1) is 0 Å². The van der Waals surface area contributed by atoms with Crippen molar-refractivity contribution >= 4 is 21.6 Å². The molecule has 0 amide bonds. The zero-order chi connectivity index (χ0) is 15.8. The number of piperidine rings is 1. The van der Waals surface area contributed by atoms with Crippen LogP contribution in [0.3, 0.4) is 0 Å². The number of nitrogens with zero attached hydrogens (tertiary/aromatic N) is 1. The highest BCUT2D eigenvalue weighted by molar-refractivity contribution is 7.89. The number of ether oxygens (including phenoxy) is 1. The Kier molecular flexibility index (Phi) is 4.85. The lowest BCUT2D eigenvalue weighted by Gasteiger charge is -2.34. The van der Waals surface area contributed by atoms with E-state index in [1.54, 1.807) is 10.4 Å². The van der Waals surface area contributed by atoms with Gasteiger partial charge in [-0.05, 0) is 42.9 Å². The smallest absolute Gasteiger partial charge is 0.246 e. The van der Waals surface area contributed by atoms with Gasteiger partial charge >= 0.3 is 0 Å². The normalized spacial score (nSPS) is 24.0. The minimum absolute atomic E-state index is 0.155. The van der Waals surface area contributed by atoms with Crippen LogP contribution in [-0.4, -0.2) is 32.9 Å². The van der Waals surface area contributed by atoms with Crippen LogP contribution >= 0.6 is 11.6 Å². The van der Waals surface area contributed by atoms with Gasteiger partial charge in [-0.3, -0.25) is 0 Å². The van der Waals surface area contributed by atoms with E-state index in [-0.39, 0.29) is 4.90 Å². The summed E-state index contributed by atoms with van der Waals surface area (Å²) in [4.78, 5) is 0.155. The second-order valence-electron chi connectivity index (χ2n) is 6.02. The molecule has 1 saturated heterocycles. The second kappa shape index (κ2) is 6.15. The predicted molar refractivity (Wildman–Crippen MR) is 84.4 cm³/mol. The molecule has 4 nitrogen and oxygen atoms in total. The molecule has 118 valence electrons. The summed E-state index contributed by atoms with van der Waals surface area (Å²) < 4.78 is 32.6. The van der Waals surface area contributed by atoms with Crippen LogP contribution in [0, 0.1) is 18.8 Å². The molecule has 1 heterocycles.